The molecule has 1 nitrogen and oxygen atoms in total. The van der Waals surface area contributed by atoms with Gasteiger partial charge in [-0.3, -0.25) is 4.21 Å². The van der Waals surface area contributed by atoms with Gasteiger partial charge in [-0.2, -0.15) is 0 Å². The van der Waals surface area contributed by atoms with Gasteiger partial charge in [0.2, 0.25) is 0 Å². The maximum atomic E-state index is 12.3. The van der Waals surface area contributed by atoms with Gasteiger partial charge in [0, 0.05) is 26.3 Å². The minimum absolute atomic E-state index is 0.125. The second-order valence-electron chi connectivity index (χ2n) is 6.12. The van der Waals surface area contributed by atoms with Crippen LogP contribution in [0.4, 0.5) is 0 Å². The van der Waals surface area contributed by atoms with Crippen LogP contribution in [0.25, 0.3) is 0 Å². The average molecular weight is 285 g/mol. The zero-order valence-electron chi connectivity index (χ0n) is 11.3. The Hall–Kier alpha value is -0.340. The van der Waals surface area contributed by atoms with Crippen LogP contribution in [0.1, 0.15) is 45.1 Å². The summed E-state index contributed by atoms with van der Waals surface area (Å²) >= 11 is 5.93. The van der Waals surface area contributed by atoms with Gasteiger partial charge in [-0.1, -0.05) is 23.7 Å². The van der Waals surface area contributed by atoms with E-state index >= 15 is 0 Å². The van der Waals surface area contributed by atoms with E-state index in [4.69, 9.17) is 11.6 Å². The summed E-state index contributed by atoms with van der Waals surface area (Å²) in [4.78, 5) is 0. The molecule has 100 valence electrons. The molecule has 3 heteroatoms. The first-order valence-corrected chi connectivity index (χ1v) is 8.21. The van der Waals surface area contributed by atoms with Crippen LogP contribution in [-0.2, 0) is 10.8 Å². The predicted octanol–water partition coefficient (Wildman–Crippen LogP) is 4.38. The van der Waals surface area contributed by atoms with E-state index in [9.17, 15) is 4.21 Å². The Labute approximate surface area is 117 Å². The molecule has 0 heterocycles. The maximum Gasteiger partial charge on any atom is 0.0406 e. The largest absolute Gasteiger partial charge is 0.259 e. The summed E-state index contributed by atoms with van der Waals surface area (Å²) in [6.07, 6.45) is 2.54. The molecule has 2 atom stereocenters. The molecule has 1 aromatic rings. The van der Waals surface area contributed by atoms with Crippen molar-refractivity contribution in [3.63, 3.8) is 0 Å². The zero-order valence-corrected chi connectivity index (χ0v) is 12.9. The SMILES string of the molecule is CC(C)(C)S(=O)C[C@@H](c1ccc(Cl)cc1)C1CC1. The van der Waals surface area contributed by atoms with Crippen LogP contribution in [-0.4, -0.2) is 14.7 Å². The molecule has 0 spiro atoms. The molecule has 1 unspecified atom stereocenters. The molecule has 0 bridgehead atoms. The lowest BCUT2D eigenvalue weighted by atomic mass is 9.96. The molecule has 0 saturated heterocycles. The summed E-state index contributed by atoms with van der Waals surface area (Å²) in [7, 11) is -0.787. The van der Waals surface area contributed by atoms with Gasteiger partial charge in [-0.15, -0.1) is 0 Å². The summed E-state index contributed by atoms with van der Waals surface area (Å²) < 4.78 is 12.2. The number of hydrogen-bond acceptors (Lipinski definition) is 1. The highest BCUT2D eigenvalue weighted by molar-refractivity contribution is 7.86. The van der Waals surface area contributed by atoms with E-state index in [1.54, 1.807) is 0 Å². The summed E-state index contributed by atoms with van der Waals surface area (Å²) in [6.45, 7) is 6.15. The van der Waals surface area contributed by atoms with Crippen molar-refractivity contribution in [3.8, 4) is 0 Å². The Morgan fingerprint density at radius 2 is 1.83 bits per heavy atom. The average Bonchev–Trinajstić information content (AvgIpc) is 3.09. The van der Waals surface area contributed by atoms with E-state index in [-0.39, 0.29) is 4.75 Å². The third-order valence-electron chi connectivity index (χ3n) is 3.50. The third kappa shape index (κ3) is 3.58. The van der Waals surface area contributed by atoms with Gasteiger partial charge >= 0.3 is 0 Å². The molecule has 0 aromatic heterocycles. The van der Waals surface area contributed by atoms with E-state index in [0.29, 0.717) is 5.92 Å². The van der Waals surface area contributed by atoms with Crippen LogP contribution >= 0.6 is 11.6 Å². The molecule has 1 saturated carbocycles. The molecule has 1 fully saturated rings. The Balaban J connectivity index is 2.14. The lowest BCUT2D eigenvalue weighted by molar-refractivity contribution is 0.618. The van der Waals surface area contributed by atoms with E-state index in [1.807, 2.05) is 12.1 Å². The van der Waals surface area contributed by atoms with Gasteiger partial charge in [0.05, 0.1) is 0 Å². The van der Waals surface area contributed by atoms with Crippen LogP contribution in [0.15, 0.2) is 24.3 Å². The van der Waals surface area contributed by atoms with E-state index < -0.39 is 10.8 Å². The summed E-state index contributed by atoms with van der Waals surface area (Å²) in [6, 6.07) is 8.05. The molecule has 0 amide bonds. The Kier molecular flexibility index (Phi) is 4.18. The fraction of sp³-hybridized carbons (Fsp3) is 0.600. The smallest absolute Gasteiger partial charge is 0.0406 e. The minimum Gasteiger partial charge on any atom is -0.259 e. The van der Waals surface area contributed by atoms with Crippen molar-refractivity contribution in [1.82, 2.24) is 0 Å². The molecule has 18 heavy (non-hydrogen) atoms. The first-order valence-electron chi connectivity index (χ1n) is 6.52. The van der Waals surface area contributed by atoms with Crippen LogP contribution < -0.4 is 0 Å². The van der Waals surface area contributed by atoms with Crippen LogP contribution in [0.5, 0.6) is 0 Å². The van der Waals surface area contributed by atoms with Gasteiger partial charge < -0.3 is 0 Å². The molecule has 0 aliphatic heterocycles. The van der Waals surface area contributed by atoms with Gasteiger partial charge in [-0.25, -0.2) is 0 Å². The van der Waals surface area contributed by atoms with Crippen molar-refractivity contribution >= 4 is 22.4 Å². The van der Waals surface area contributed by atoms with E-state index in [1.165, 1.54) is 18.4 Å². The summed E-state index contributed by atoms with van der Waals surface area (Å²) in [5.74, 6) is 1.93. The highest BCUT2D eigenvalue weighted by Crippen LogP contribution is 2.43. The quantitative estimate of drug-likeness (QED) is 0.802. The summed E-state index contributed by atoms with van der Waals surface area (Å²) in [5.41, 5.74) is 1.29. The Morgan fingerprint density at radius 1 is 1.28 bits per heavy atom. The third-order valence-corrected chi connectivity index (χ3v) is 5.78. The standard InChI is InChI=1S/C15H21ClOS/c1-15(2,3)18(17)10-14(11-4-5-11)12-6-8-13(16)9-7-12/h6-9,11,14H,4-5,10H2,1-3H3/t14-,18?/m1/s1. The topological polar surface area (TPSA) is 17.1 Å². The minimum atomic E-state index is -0.787. The van der Waals surface area contributed by atoms with Gasteiger partial charge in [-0.05, 0) is 63.1 Å². The number of halogens is 1. The molecule has 0 N–H and O–H groups in total. The Bertz CT molecular complexity index is 429. The molecule has 1 aliphatic rings. The van der Waals surface area contributed by atoms with Gasteiger partial charge in [0.15, 0.2) is 0 Å². The normalized spacial score (nSPS) is 19.6. The molecular weight excluding hydrogens is 264 g/mol. The number of hydrogen-bond donors (Lipinski definition) is 0. The fourth-order valence-electron chi connectivity index (χ4n) is 2.13. The maximum absolute atomic E-state index is 12.3. The first kappa shape index (κ1) is 14.1. The van der Waals surface area contributed by atoms with Crippen molar-refractivity contribution in [1.29, 1.82) is 0 Å². The van der Waals surface area contributed by atoms with Crippen LogP contribution in [0, 0.1) is 5.92 Å². The molecule has 1 aromatic carbocycles. The van der Waals surface area contributed by atoms with E-state index in [0.717, 1.165) is 16.7 Å². The van der Waals surface area contributed by atoms with Crippen LogP contribution in [0.3, 0.4) is 0 Å². The van der Waals surface area contributed by atoms with Crippen molar-refractivity contribution in [2.45, 2.75) is 44.3 Å². The lowest BCUT2D eigenvalue weighted by Crippen LogP contribution is -2.27. The summed E-state index contributed by atoms with van der Waals surface area (Å²) in [5, 5.41) is 0.769. The number of rotatable bonds is 4. The molecular formula is C15H21ClOS. The highest BCUT2D eigenvalue weighted by atomic mass is 35.5. The Morgan fingerprint density at radius 3 is 2.28 bits per heavy atom. The van der Waals surface area contributed by atoms with Crippen molar-refractivity contribution in [2.75, 3.05) is 5.75 Å². The van der Waals surface area contributed by atoms with Crippen molar-refractivity contribution < 1.29 is 4.21 Å². The van der Waals surface area contributed by atoms with Crippen molar-refractivity contribution in [2.24, 2.45) is 5.92 Å². The molecule has 2 rings (SSSR count). The molecule has 0 radical (unpaired) electrons. The first-order chi connectivity index (χ1) is 8.38. The van der Waals surface area contributed by atoms with E-state index in [2.05, 4.69) is 32.9 Å². The van der Waals surface area contributed by atoms with Crippen LogP contribution in [0.2, 0.25) is 5.02 Å². The number of benzene rings is 1. The van der Waals surface area contributed by atoms with Crippen molar-refractivity contribution in [3.05, 3.63) is 34.9 Å². The fourth-order valence-corrected chi connectivity index (χ4v) is 3.54. The predicted molar refractivity (Wildman–Crippen MR) is 79.7 cm³/mol. The van der Waals surface area contributed by atoms with Gasteiger partial charge in [0.1, 0.15) is 0 Å². The molecule has 1 aliphatic carbocycles. The second-order valence-corrected chi connectivity index (χ2v) is 8.81. The highest BCUT2D eigenvalue weighted by Gasteiger charge is 2.35. The zero-order chi connectivity index (χ0) is 13.3. The lowest BCUT2D eigenvalue weighted by Gasteiger charge is -2.23. The second kappa shape index (κ2) is 5.34. The van der Waals surface area contributed by atoms with Gasteiger partial charge in [0.25, 0.3) is 0 Å². The monoisotopic (exact) mass is 284 g/mol.